The number of nitrogens with zero attached hydrogens (tertiary/aromatic N) is 1. The molecule has 1 aromatic carbocycles. The van der Waals surface area contributed by atoms with Gasteiger partial charge in [0.2, 0.25) is 10.0 Å². The SMILES string of the molecule is CC(C)N(CC1CC1)S(=O)(=O)c1ccccc1Br. The quantitative estimate of drug-likeness (QED) is 0.830. The standard InChI is InChI=1S/C13H18BrNO2S/c1-10(2)15(9-11-7-8-11)18(16,17)13-6-4-3-5-12(13)14/h3-6,10-11H,7-9H2,1-2H3. The van der Waals surface area contributed by atoms with Gasteiger partial charge in [-0.1, -0.05) is 12.1 Å². The second-order valence-electron chi connectivity index (χ2n) is 5.04. The van der Waals surface area contributed by atoms with Crippen LogP contribution in [0.15, 0.2) is 33.6 Å². The second-order valence-corrected chi connectivity index (χ2v) is 7.76. The highest BCUT2D eigenvalue weighted by atomic mass is 79.9. The number of hydrogen-bond donors (Lipinski definition) is 0. The van der Waals surface area contributed by atoms with Gasteiger partial charge in [-0.05, 0) is 60.7 Å². The molecule has 0 amide bonds. The van der Waals surface area contributed by atoms with Crippen LogP contribution in [0.2, 0.25) is 0 Å². The Balaban J connectivity index is 2.35. The van der Waals surface area contributed by atoms with Crippen LogP contribution < -0.4 is 0 Å². The molecule has 5 heteroatoms. The van der Waals surface area contributed by atoms with Crippen molar-refractivity contribution in [2.45, 2.75) is 37.6 Å². The zero-order valence-corrected chi connectivity index (χ0v) is 13.0. The Hall–Kier alpha value is -0.390. The van der Waals surface area contributed by atoms with Crippen LogP contribution in [-0.4, -0.2) is 25.3 Å². The molecule has 1 aliphatic rings. The summed E-state index contributed by atoms with van der Waals surface area (Å²) in [6, 6.07) is 6.99. The summed E-state index contributed by atoms with van der Waals surface area (Å²) in [5.74, 6) is 0.546. The third kappa shape index (κ3) is 2.95. The highest BCUT2D eigenvalue weighted by molar-refractivity contribution is 9.10. The minimum atomic E-state index is -3.40. The highest BCUT2D eigenvalue weighted by Gasteiger charge is 2.34. The molecule has 1 fully saturated rings. The first-order valence-corrected chi connectivity index (χ1v) is 8.42. The summed E-state index contributed by atoms with van der Waals surface area (Å²) in [6.07, 6.45) is 2.30. The fraction of sp³-hybridized carbons (Fsp3) is 0.538. The van der Waals surface area contributed by atoms with Crippen molar-refractivity contribution in [3.8, 4) is 0 Å². The smallest absolute Gasteiger partial charge is 0.207 e. The summed E-state index contributed by atoms with van der Waals surface area (Å²) in [6.45, 7) is 4.49. The molecular formula is C13H18BrNO2S. The number of hydrogen-bond acceptors (Lipinski definition) is 2. The van der Waals surface area contributed by atoms with E-state index in [1.807, 2.05) is 19.9 Å². The molecule has 0 atom stereocenters. The van der Waals surface area contributed by atoms with E-state index < -0.39 is 10.0 Å². The first-order valence-electron chi connectivity index (χ1n) is 6.19. The van der Waals surface area contributed by atoms with Gasteiger partial charge in [-0.25, -0.2) is 8.42 Å². The van der Waals surface area contributed by atoms with Gasteiger partial charge in [0.05, 0.1) is 4.90 Å². The van der Waals surface area contributed by atoms with Crippen molar-refractivity contribution in [2.75, 3.05) is 6.54 Å². The van der Waals surface area contributed by atoms with E-state index in [9.17, 15) is 8.42 Å². The Morgan fingerprint density at radius 2 is 1.94 bits per heavy atom. The molecule has 0 unspecified atom stereocenters. The third-order valence-corrected chi connectivity index (χ3v) is 6.19. The maximum Gasteiger partial charge on any atom is 0.244 e. The van der Waals surface area contributed by atoms with Crippen LogP contribution >= 0.6 is 15.9 Å². The van der Waals surface area contributed by atoms with Gasteiger partial charge in [0, 0.05) is 17.1 Å². The van der Waals surface area contributed by atoms with E-state index in [4.69, 9.17) is 0 Å². The Labute approximate surface area is 117 Å². The molecule has 0 N–H and O–H groups in total. The number of rotatable bonds is 5. The number of halogens is 1. The van der Waals surface area contributed by atoms with Gasteiger partial charge < -0.3 is 0 Å². The van der Waals surface area contributed by atoms with Crippen LogP contribution in [0, 0.1) is 5.92 Å². The minimum Gasteiger partial charge on any atom is -0.207 e. The minimum absolute atomic E-state index is 0.0114. The maximum absolute atomic E-state index is 12.7. The predicted molar refractivity (Wildman–Crippen MR) is 75.9 cm³/mol. The van der Waals surface area contributed by atoms with Crippen LogP contribution in [0.1, 0.15) is 26.7 Å². The molecule has 0 aliphatic heterocycles. The van der Waals surface area contributed by atoms with Crippen molar-refractivity contribution < 1.29 is 8.42 Å². The van der Waals surface area contributed by atoms with E-state index in [-0.39, 0.29) is 6.04 Å². The zero-order chi connectivity index (χ0) is 13.3. The molecule has 18 heavy (non-hydrogen) atoms. The second kappa shape index (κ2) is 5.31. The lowest BCUT2D eigenvalue weighted by molar-refractivity contribution is 0.341. The molecule has 100 valence electrons. The maximum atomic E-state index is 12.7. The van der Waals surface area contributed by atoms with Crippen molar-refractivity contribution in [1.82, 2.24) is 4.31 Å². The number of benzene rings is 1. The largest absolute Gasteiger partial charge is 0.244 e. The molecule has 0 bridgehead atoms. The lowest BCUT2D eigenvalue weighted by Crippen LogP contribution is -2.38. The predicted octanol–water partition coefficient (Wildman–Crippen LogP) is 3.26. The van der Waals surface area contributed by atoms with E-state index >= 15 is 0 Å². The first kappa shape index (κ1) is 14.0. The van der Waals surface area contributed by atoms with Crippen LogP contribution in [0.4, 0.5) is 0 Å². The highest BCUT2D eigenvalue weighted by Crippen LogP contribution is 2.33. The topological polar surface area (TPSA) is 37.4 Å². The fourth-order valence-corrected chi connectivity index (χ4v) is 4.60. The Morgan fingerprint density at radius 1 is 1.33 bits per heavy atom. The van der Waals surface area contributed by atoms with E-state index in [0.29, 0.717) is 21.8 Å². The Kier molecular flexibility index (Phi) is 4.14. The van der Waals surface area contributed by atoms with E-state index in [1.165, 1.54) is 0 Å². The van der Waals surface area contributed by atoms with Crippen molar-refractivity contribution in [3.63, 3.8) is 0 Å². The Bertz CT molecular complexity index is 524. The van der Waals surface area contributed by atoms with Gasteiger partial charge in [-0.2, -0.15) is 4.31 Å². The van der Waals surface area contributed by atoms with Gasteiger partial charge in [0.15, 0.2) is 0 Å². The molecule has 3 nitrogen and oxygen atoms in total. The van der Waals surface area contributed by atoms with Crippen LogP contribution in [0.5, 0.6) is 0 Å². The molecule has 1 saturated carbocycles. The normalized spacial score (nSPS) is 16.5. The third-order valence-electron chi connectivity index (χ3n) is 3.13. The molecule has 0 saturated heterocycles. The van der Waals surface area contributed by atoms with Crippen molar-refractivity contribution in [3.05, 3.63) is 28.7 Å². The molecule has 1 aromatic rings. The summed E-state index contributed by atoms with van der Waals surface area (Å²) >= 11 is 3.33. The average molecular weight is 332 g/mol. The Morgan fingerprint density at radius 3 is 2.44 bits per heavy atom. The summed E-state index contributed by atoms with van der Waals surface area (Å²) in [4.78, 5) is 0.361. The van der Waals surface area contributed by atoms with Crippen LogP contribution in [0.3, 0.4) is 0 Å². The van der Waals surface area contributed by atoms with E-state index in [2.05, 4.69) is 15.9 Å². The molecule has 0 radical (unpaired) electrons. The lowest BCUT2D eigenvalue weighted by Gasteiger charge is -2.26. The van der Waals surface area contributed by atoms with Crippen molar-refractivity contribution >= 4 is 26.0 Å². The van der Waals surface area contributed by atoms with Gasteiger partial charge >= 0.3 is 0 Å². The van der Waals surface area contributed by atoms with Gasteiger partial charge in [-0.15, -0.1) is 0 Å². The number of sulfonamides is 1. The molecule has 0 heterocycles. The summed E-state index contributed by atoms with van der Waals surface area (Å²) in [5, 5.41) is 0. The van der Waals surface area contributed by atoms with E-state index in [0.717, 1.165) is 12.8 Å². The van der Waals surface area contributed by atoms with Crippen molar-refractivity contribution in [2.24, 2.45) is 5.92 Å². The van der Waals surface area contributed by atoms with E-state index in [1.54, 1.807) is 22.5 Å². The summed E-state index contributed by atoms with van der Waals surface area (Å²) in [5.41, 5.74) is 0. The molecular weight excluding hydrogens is 314 g/mol. The molecule has 0 spiro atoms. The van der Waals surface area contributed by atoms with Crippen molar-refractivity contribution in [1.29, 1.82) is 0 Å². The van der Waals surface area contributed by atoms with Gasteiger partial charge in [-0.3, -0.25) is 0 Å². The molecule has 1 aliphatic carbocycles. The van der Waals surface area contributed by atoms with Gasteiger partial charge in [0.1, 0.15) is 0 Å². The lowest BCUT2D eigenvalue weighted by atomic mass is 10.3. The molecule has 2 rings (SSSR count). The first-order chi connectivity index (χ1) is 8.43. The van der Waals surface area contributed by atoms with Crippen LogP contribution in [-0.2, 0) is 10.0 Å². The fourth-order valence-electron chi connectivity index (χ4n) is 1.92. The summed E-state index contributed by atoms with van der Waals surface area (Å²) in [7, 11) is -3.40. The van der Waals surface area contributed by atoms with Gasteiger partial charge in [0.25, 0.3) is 0 Å². The summed E-state index contributed by atoms with van der Waals surface area (Å²) < 4.78 is 27.6. The zero-order valence-electron chi connectivity index (χ0n) is 10.6. The van der Waals surface area contributed by atoms with Crippen LogP contribution in [0.25, 0.3) is 0 Å². The average Bonchev–Trinajstić information content (AvgIpc) is 3.09. The molecule has 0 aromatic heterocycles. The monoisotopic (exact) mass is 331 g/mol.